The number of nitrogens with zero attached hydrogens (tertiary/aromatic N) is 2. The van der Waals surface area contributed by atoms with E-state index >= 15 is 0 Å². The van der Waals surface area contributed by atoms with Gasteiger partial charge < -0.3 is 9.64 Å². The van der Waals surface area contributed by atoms with Crippen LogP contribution >= 0.6 is 0 Å². The van der Waals surface area contributed by atoms with Crippen molar-refractivity contribution >= 4 is 5.69 Å². The van der Waals surface area contributed by atoms with Crippen molar-refractivity contribution in [3.63, 3.8) is 0 Å². The van der Waals surface area contributed by atoms with Crippen molar-refractivity contribution in [1.82, 2.24) is 0 Å². The van der Waals surface area contributed by atoms with Gasteiger partial charge in [-0.15, -0.1) is 0 Å². The second kappa shape index (κ2) is 6.47. The smallest absolute Gasteiger partial charge is 0.142 e. The fourth-order valence-corrected chi connectivity index (χ4v) is 2.03. The molecule has 0 aliphatic rings. The first-order chi connectivity index (χ1) is 8.90. The van der Waals surface area contributed by atoms with Crippen LogP contribution in [0.5, 0.6) is 5.75 Å². The summed E-state index contributed by atoms with van der Waals surface area (Å²) in [5.74, 6) is 1.24. The fourth-order valence-electron chi connectivity index (χ4n) is 2.03. The molecule has 0 aliphatic carbocycles. The van der Waals surface area contributed by atoms with Gasteiger partial charge in [0.15, 0.2) is 0 Å². The second-order valence-corrected chi connectivity index (χ2v) is 5.47. The highest BCUT2D eigenvalue weighted by atomic mass is 16.5. The van der Waals surface area contributed by atoms with Gasteiger partial charge in [0.05, 0.1) is 24.8 Å². The maximum absolute atomic E-state index is 9.21. The molecule has 0 radical (unpaired) electrons. The van der Waals surface area contributed by atoms with Gasteiger partial charge in [0, 0.05) is 13.6 Å². The largest absolute Gasteiger partial charge is 0.495 e. The van der Waals surface area contributed by atoms with Gasteiger partial charge in [-0.25, -0.2) is 0 Å². The molecular weight excluding hydrogens is 236 g/mol. The molecule has 0 N–H and O–H groups in total. The molecule has 1 aromatic rings. The lowest BCUT2D eigenvalue weighted by atomic mass is 9.96. The van der Waals surface area contributed by atoms with Gasteiger partial charge in [0.1, 0.15) is 5.75 Å². The zero-order valence-corrected chi connectivity index (χ0v) is 12.8. The monoisotopic (exact) mass is 260 g/mol. The number of rotatable bonds is 5. The highest BCUT2D eigenvalue weighted by Crippen LogP contribution is 2.31. The number of ether oxygens (including phenoxy) is 1. The molecule has 0 saturated heterocycles. The number of nitriles is 1. The molecule has 0 saturated carbocycles. The van der Waals surface area contributed by atoms with Crippen molar-refractivity contribution in [1.29, 1.82) is 5.26 Å². The molecule has 19 heavy (non-hydrogen) atoms. The van der Waals surface area contributed by atoms with Gasteiger partial charge in [-0.1, -0.05) is 13.8 Å². The number of aryl methyl sites for hydroxylation is 2. The van der Waals surface area contributed by atoms with E-state index in [1.807, 2.05) is 7.05 Å². The molecule has 3 heteroatoms. The molecule has 0 fully saturated rings. The predicted molar refractivity (Wildman–Crippen MR) is 79.7 cm³/mol. The minimum absolute atomic E-state index is 0.0244. The van der Waals surface area contributed by atoms with E-state index in [-0.39, 0.29) is 5.92 Å². The van der Waals surface area contributed by atoms with E-state index in [0.717, 1.165) is 11.4 Å². The summed E-state index contributed by atoms with van der Waals surface area (Å²) in [6.07, 6.45) is 0. The first-order valence-electron chi connectivity index (χ1n) is 6.66. The lowest BCUT2D eigenvalue weighted by Gasteiger charge is -2.26. The van der Waals surface area contributed by atoms with E-state index in [1.54, 1.807) is 7.11 Å². The van der Waals surface area contributed by atoms with Crippen LogP contribution in [-0.2, 0) is 0 Å². The molecular formula is C16H24N2O. The highest BCUT2D eigenvalue weighted by Gasteiger charge is 2.17. The Morgan fingerprint density at radius 2 is 1.84 bits per heavy atom. The van der Waals surface area contributed by atoms with Crippen LogP contribution in [0.3, 0.4) is 0 Å². The summed E-state index contributed by atoms with van der Waals surface area (Å²) in [6.45, 7) is 9.05. The summed E-state index contributed by atoms with van der Waals surface area (Å²) in [6, 6.07) is 6.56. The Bertz CT molecular complexity index is 474. The molecule has 0 aromatic heterocycles. The van der Waals surface area contributed by atoms with Crippen LogP contribution in [0.1, 0.15) is 25.0 Å². The average molecular weight is 260 g/mol. The first-order valence-corrected chi connectivity index (χ1v) is 6.66. The van der Waals surface area contributed by atoms with Crippen molar-refractivity contribution in [2.75, 3.05) is 25.6 Å². The highest BCUT2D eigenvalue weighted by molar-refractivity contribution is 5.61. The van der Waals surface area contributed by atoms with Crippen molar-refractivity contribution in [3.8, 4) is 11.8 Å². The maximum atomic E-state index is 9.21. The van der Waals surface area contributed by atoms with Crippen LogP contribution in [0.15, 0.2) is 12.1 Å². The zero-order chi connectivity index (χ0) is 14.6. The van der Waals surface area contributed by atoms with Crippen molar-refractivity contribution in [3.05, 3.63) is 23.3 Å². The second-order valence-electron chi connectivity index (χ2n) is 5.47. The number of hydrogen-bond acceptors (Lipinski definition) is 3. The molecule has 0 bridgehead atoms. The molecule has 1 atom stereocenters. The van der Waals surface area contributed by atoms with Crippen LogP contribution in [-0.4, -0.2) is 20.7 Å². The fraction of sp³-hybridized carbons (Fsp3) is 0.562. The summed E-state index contributed by atoms with van der Waals surface area (Å²) in [7, 11) is 3.70. The van der Waals surface area contributed by atoms with E-state index in [0.29, 0.717) is 12.5 Å². The summed E-state index contributed by atoms with van der Waals surface area (Å²) < 4.78 is 5.45. The Labute approximate surface area is 116 Å². The van der Waals surface area contributed by atoms with Crippen LogP contribution in [0.25, 0.3) is 0 Å². The van der Waals surface area contributed by atoms with E-state index in [4.69, 9.17) is 4.74 Å². The number of benzene rings is 1. The maximum Gasteiger partial charge on any atom is 0.142 e. The Balaban J connectivity index is 3.02. The minimum Gasteiger partial charge on any atom is -0.495 e. The van der Waals surface area contributed by atoms with Gasteiger partial charge in [-0.2, -0.15) is 5.26 Å². The number of hydrogen-bond donors (Lipinski definition) is 0. The van der Waals surface area contributed by atoms with Gasteiger partial charge in [0.2, 0.25) is 0 Å². The molecule has 104 valence electrons. The molecule has 0 amide bonds. The molecule has 1 rings (SSSR count). The quantitative estimate of drug-likeness (QED) is 0.812. The third kappa shape index (κ3) is 3.64. The molecule has 0 spiro atoms. The third-order valence-corrected chi connectivity index (χ3v) is 3.65. The van der Waals surface area contributed by atoms with E-state index in [1.165, 1.54) is 11.1 Å². The van der Waals surface area contributed by atoms with Crippen LogP contribution in [0, 0.1) is 37.0 Å². The third-order valence-electron chi connectivity index (χ3n) is 3.65. The molecule has 1 unspecified atom stereocenters. The van der Waals surface area contributed by atoms with E-state index in [2.05, 4.69) is 50.8 Å². The van der Waals surface area contributed by atoms with Crippen molar-refractivity contribution in [2.45, 2.75) is 27.7 Å². The average Bonchev–Trinajstić information content (AvgIpc) is 2.37. The molecule has 0 heterocycles. The van der Waals surface area contributed by atoms with Gasteiger partial charge >= 0.3 is 0 Å². The summed E-state index contributed by atoms with van der Waals surface area (Å²) >= 11 is 0. The van der Waals surface area contributed by atoms with Gasteiger partial charge in [-0.05, 0) is 43.0 Å². The first kappa shape index (κ1) is 15.4. The van der Waals surface area contributed by atoms with Crippen LogP contribution < -0.4 is 9.64 Å². The Morgan fingerprint density at radius 3 is 2.32 bits per heavy atom. The standard InChI is InChI=1S/C16H24N2O/c1-11(2)14(9-17)10-18(5)15-7-12(3)13(4)8-16(15)19-6/h7-8,11,14H,10H2,1-6H3. The lowest BCUT2D eigenvalue weighted by molar-refractivity contribution is 0.412. The SMILES string of the molecule is COc1cc(C)c(C)cc1N(C)CC(C#N)C(C)C. The molecule has 1 aromatic carbocycles. The van der Waals surface area contributed by atoms with E-state index < -0.39 is 0 Å². The zero-order valence-electron chi connectivity index (χ0n) is 12.8. The Hall–Kier alpha value is -1.69. The predicted octanol–water partition coefficient (Wildman–Crippen LogP) is 3.54. The lowest BCUT2D eigenvalue weighted by Crippen LogP contribution is -2.28. The topological polar surface area (TPSA) is 36.3 Å². The summed E-state index contributed by atoms with van der Waals surface area (Å²) in [4.78, 5) is 2.11. The molecule has 3 nitrogen and oxygen atoms in total. The molecule has 0 aliphatic heterocycles. The summed E-state index contributed by atoms with van der Waals surface area (Å²) in [5, 5.41) is 9.21. The van der Waals surface area contributed by atoms with Crippen molar-refractivity contribution < 1.29 is 4.74 Å². The normalized spacial score (nSPS) is 12.1. The number of methoxy groups -OCH3 is 1. The van der Waals surface area contributed by atoms with Crippen LogP contribution in [0.2, 0.25) is 0 Å². The number of anilines is 1. The van der Waals surface area contributed by atoms with E-state index in [9.17, 15) is 5.26 Å². The Kier molecular flexibility index (Phi) is 5.23. The minimum atomic E-state index is 0.0244. The Morgan fingerprint density at radius 1 is 1.26 bits per heavy atom. The van der Waals surface area contributed by atoms with Crippen molar-refractivity contribution in [2.24, 2.45) is 11.8 Å². The van der Waals surface area contributed by atoms with Gasteiger partial charge in [-0.3, -0.25) is 0 Å². The van der Waals surface area contributed by atoms with Gasteiger partial charge in [0.25, 0.3) is 0 Å². The van der Waals surface area contributed by atoms with Crippen LogP contribution in [0.4, 0.5) is 5.69 Å². The summed E-state index contributed by atoms with van der Waals surface area (Å²) in [5.41, 5.74) is 3.50.